The van der Waals surface area contributed by atoms with Crippen molar-refractivity contribution >= 4 is 0 Å². The number of aliphatic hydroxyl groups is 1. The van der Waals surface area contributed by atoms with Crippen molar-refractivity contribution in [3.05, 3.63) is 23.8 Å². The van der Waals surface area contributed by atoms with Gasteiger partial charge in [-0.05, 0) is 17.9 Å². The third kappa shape index (κ3) is 4.73. The van der Waals surface area contributed by atoms with E-state index >= 15 is 0 Å². The van der Waals surface area contributed by atoms with E-state index in [0.29, 0.717) is 0 Å². The number of para-hydroxylation sites is 1. The number of methoxy groups -OCH3 is 2. The second kappa shape index (κ2) is 7.36. The summed E-state index contributed by atoms with van der Waals surface area (Å²) in [7, 11) is 3.29. The van der Waals surface area contributed by atoms with E-state index in [1.54, 1.807) is 14.2 Å². The second-order valence-corrected chi connectivity index (χ2v) is 5.39. The predicted molar refractivity (Wildman–Crippen MR) is 76.7 cm³/mol. The third-order valence-electron chi connectivity index (χ3n) is 3.19. The summed E-state index contributed by atoms with van der Waals surface area (Å²) in [5, 5.41) is 12.4. The van der Waals surface area contributed by atoms with Crippen LogP contribution in [0.25, 0.3) is 0 Å². The standard InChI is InChI=1S/C15H25NO3/c1-15(2,8-9-17)11-16-10-12-6-5-7-13(18-3)14(12)19-4/h5-7,16-17H,8-11H2,1-4H3. The van der Waals surface area contributed by atoms with Crippen LogP contribution in [0.1, 0.15) is 25.8 Å². The smallest absolute Gasteiger partial charge is 0.165 e. The molecule has 0 radical (unpaired) electrons. The summed E-state index contributed by atoms with van der Waals surface area (Å²) < 4.78 is 10.7. The molecule has 0 aromatic heterocycles. The number of rotatable bonds is 8. The number of ether oxygens (including phenoxy) is 2. The van der Waals surface area contributed by atoms with Gasteiger partial charge >= 0.3 is 0 Å². The van der Waals surface area contributed by atoms with Crippen molar-refractivity contribution in [3.63, 3.8) is 0 Å². The molecule has 0 fully saturated rings. The second-order valence-electron chi connectivity index (χ2n) is 5.39. The lowest BCUT2D eigenvalue weighted by Crippen LogP contribution is -2.30. The Kier molecular flexibility index (Phi) is 6.12. The van der Waals surface area contributed by atoms with Crippen LogP contribution >= 0.6 is 0 Å². The topological polar surface area (TPSA) is 50.7 Å². The van der Waals surface area contributed by atoms with E-state index in [0.717, 1.165) is 36.6 Å². The zero-order chi connectivity index (χ0) is 14.3. The van der Waals surface area contributed by atoms with E-state index in [4.69, 9.17) is 14.6 Å². The molecule has 0 saturated carbocycles. The Morgan fingerprint density at radius 2 is 1.95 bits per heavy atom. The fraction of sp³-hybridized carbons (Fsp3) is 0.600. The average molecular weight is 267 g/mol. The van der Waals surface area contributed by atoms with Gasteiger partial charge in [-0.15, -0.1) is 0 Å². The Morgan fingerprint density at radius 3 is 2.53 bits per heavy atom. The minimum atomic E-state index is 0.0842. The van der Waals surface area contributed by atoms with E-state index in [1.807, 2.05) is 18.2 Å². The van der Waals surface area contributed by atoms with Gasteiger partial charge in [0.15, 0.2) is 11.5 Å². The van der Waals surface area contributed by atoms with Crippen molar-refractivity contribution in [2.75, 3.05) is 27.4 Å². The van der Waals surface area contributed by atoms with Gasteiger partial charge in [-0.1, -0.05) is 26.0 Å². The summed E-state index contributed by atoms with van der Waals surface area (Å²) in [6.45, 7) is 6.05. The van der Waals surface area contributed by atoms with Gasteiger partial charge in [0, 0.05) is 25.3 Å². The highest BCUT2D eigenvalue weighted by Gasteiger charge is 2.17. The summed E-state index contributed by atoms with van der Waals surface area (Å²) >= 11 is 0. The fourth-order valence-corrected chi connectivity index (χ4v) is 2.02. The zero-order valence-corrected chi connectivity index (χ0v) is 12.3. The number of nitrogens with one attached hydrogen (secondary N) is 1. The van der Waals surface area contributed by atoms with Crippen LogP contribution in [0.15, 0.2) is 18.2 Å². The maximum Gasteiger partial charge on any atom is 0.165 e. The molecule has 2 N–H and O–H groups in total. The highest BCUT2D eigenvalue weighted by molar-refractivity contribution is 5.46. The van der Waals surface area contributed by atoms with Crippen LogP contribution in [0.2, 0.25) is 0 Å². The molecule has 0 atom stereocenters. The summed E-state index contributed by atoms with van der Waals surface area (Å²) in [6, 6.07) is 5.86. The Labute approximate surface area is 115 Å². The van der Waals surface area contributed by atoms with Crippen LogP contribution in [-0.4, -0.2) is 32.5 Å². The molecule has 4 heteroatoms. The monoisotopic (exact) mass is 267 g/mol. The lowest BCUT2D eigenvalue weighted by Gasteiger charge is -2.24. The van der Waals surface area contributed by atoms with Crippen molar-refractivity contribution in [2.24, 2.45) is 5.41 Å². The van der Waals surface area contributed by atoms with Crippen LogP contribution < -0.4 is 14.8 Å². The van der Waals surface area contributed by atoms with Gasteiger partial charge in [-0.2, -0.15) is 0 Å². The molecule has 0 saturated heterocycles. The van der Waals surface area contributed by atoms with Crippen molar-refractivity contribution in [2.45, 2.75) is 26.8 Å². The molecule has 108 valence electrons. The van der Waals surface area contributed by atoms with E-state index < -0.39 is 0 Å². The summed E-state index contributed by atoms with van der Waals surface area (Å²) in [5.41, 5.74) is 1.16. The molecule has 1 aromatic rings. The summed E-state index contributed by atoms with van der Waals surface area (Å²) in [5.74, 6) is 1.52. The lowest BCUT2D eigenvalue weighted by atomic mass is 9.90. The van der Waals surface area contributed by atoms with E-state index in [2.05, 4.69) is 19.2 Å². The van der Waals surface area contributed by atoms with Crippen LogP contribution in [0.5, 0.6) is 11.5 Å². The zero-order valence-electron chi connectivity index (χ0n) is 12.3. The molecule has 19 heavy (non-hydrogen) atoms. The Hall–Kier alpha value is -1.26. The van der Waals surface area contributed by atoms with Crippen molar-refractivity contribution in [3.8, 4) is 11.5 Å². The molecular weight excluding hydrogens is 242 g/mol. The molecule has 0 bridgehead atoms. The van der Waals surface area contributed by atoms with Crippen molar-refractivity contribution in [1.82, 2.24) is 5.32 Å². The Morgan fingerprint density at radius 1 is 1.21 bits per heavy atom. The average Bonchev–Trinajstić information content (AvgIpc) is 2.38. The van der Waals surface area contributed by atoms with Crippen LogP contribution in [-0.2, 0) is 6.54 Å². The molecule has 0 aliphatic rings. The van der Waals surface area contributed by atoms with Crippen molar-refractivity contribution < 1.29 is 14.6 Å². The Bertz CT molecular complexity index is 391. The number of hydrogen-bond donors (Lipinski definition) is 2. The Balaban J connectivity index is 2.63. The summed E-state index contributed by atoms with van der Waals surface area (Å²) in [6.07, 6.45) is 0.787. The molecule has 0 aliphatic heterocycles. The maximum absolute atomic E-state index is 9.00. The lowest BCUT2D eigenvalue weighted by molar-refractivity contribution is 0.207. The summed E-state index contributed by atoms with van der Waals surface area (Å²) in [4.78, 5) is 0. The minimum absolute atomic E-state index is 0.0842. The van der Waals surface area contributed by atoms with Crippen LogP contribution in [0, 0.1) is 5.41 Å². The number of hydrogen-bond acceptors (Lipinski definition) is 4. The molecular formula is C15H25NO3. The highest BCUT2D eigenvalue weighted by Crippen LogP contribution is 2.30. The first kappa shape index (κ1) is 15.8. The van der Waals surface area contributed by atoms with Gasteiger partial charge in [0.1, 0.15) is 0 Å². The molecule has 0 spiro atoms. The molecule has 0 unspecified atom stereocenters. The van der Waals surface area contributed by atoms with Gasteiger partial charge in [-0.3, -0.25) is 0 Å². The maximum atomic E-state index is 9.00. The van der Waals surface area contributed by atoms with Crippen LogP contribution in [0.3, 0.4) is 0 Å². The molecule has 0 aliphatic carbocycles. The van der Waals surface area contributed by atoms with E-state index in [1.165, 1.54) is 0 Å². The third-order valence-corrected chi connectivity index (χ3v) is 3.19. The first-order chi connectivity index (χ1) is 9.04. The number of benzene rings is 1. The minimum Gasteiger partial charge on any atom is -0.493 e. The quantitative estimate of drug-likeness (QED) is 0.758. The van der Waals surface area contributed by atoms with Gasteiger partial charge in [0.05, 0.1) is 14.2 Å². The van der Waals surface area contributed by atoms with Crippen LogP contribution in [0.4, 0.5) is 0 Å². The van der Waals surface area contributed by atoms with Crippen molar-refractivity contribution in [1.29, 1.82) is 0 Å². The predicted octanol–water partition coefficient (Wildman–Crippen LogP) is 2.20. The fourth-order valence-electron chi connectivity index (χ4n) is 2.02. The highest BCUT2D eigenvalue weighted by atomic mass is 16.5. The largest absolute Gasteiger partial charge is 0.493 e. The van der Waals surface area contributed by atoms with Gasteiger partial charge < -0.3 is 19.9 Å². The molecule has 0 amide bonds. The number of aliphatic hydroxyl groups excluding tert-OH is 1. The molecule has 4 nitrogen and oxygen atoms in total. The molecule has 1 rings (SSSR count). The normalized spacial score (nSPS) is 11.4. The SMILES string of the molecule is COc1cccc(CNCC(C)(C)CCO)c1OC. The molecule has 0 heterocycles. The van der Waals surface area contributed by atoms with Gasteiger partial charge in [0.25, 0.3) is 0 Å². The van der Waals surface area contributed by atoms with E-state index in [9.17, 15) is 0 Å². The van der Waals surface area contributed by atoms with Gasteiger partial charge in [0.2, 0.25) is 0 Å². The molecule has 1 aromatic carbocycles. The first-order valence-electron chi connectivity index (χ1n) is 6.55. The first-order valence-corrected chi connectivity index (χ1v) is 6.55. The van der Waals surface area contributed by atoms with E-state index in [-0.39, 0.29) is 12.0 Å². The van der Waals surface area contributed by atoms with Gasteiger partial charge in [-0.25, -0.2) is 0 Å².